The summed E-state index contributed by atoms with van der Waals surface area (Å²) in [5.41, 5.74) is 1.02. The summed E-state index contributed by atoms with van der Waals surface area (Å²) in [6.45, 7) is 5.70. The number of fused-ring (bicyclic) bond motifs is 1. The maximum Gasteiger partial charge on any atom is 0.353 e. The van der Waals surface area contributed by atoms with Crippen LogP contribution in [0.2, 0.25) is 0 Å². The zero-order chi connectivity index (χ0) is 13.6. The predicted molar refractivity (Wildman–Crippen MR) is 72.4 cm³/mol. The van der Waals surface area contributed by atoms with Crippen LogP contribution >= 0.6 is 27.7 Å². The minimum Gasteiger partial charge on any atom is -1.00 e. The van der Waals surface area contributed by atoms with Crippen LogP contribution in [0.1, 0.15) is 20.8 Å². The fourth-order valence-electron chi connectivity index (χ4n) is 2.07. The lowest BCUT2D eigenvalue weighted by atomic mass is 10.1. The second kappa shape index (κ2) is 5.97. The molecule has 1 unspecified atom stereocenters. The van der Waals surface area contributed by atoms with Crippen molar-refractivity contribution in [2.45, 2.75) is 37.4 Å². The van der Waals surface area contributed by atoms with Crippen LogP contribution in [0.15, 0.2) is 10.2 Å². The number of thioether (sulfide) groups is 1. The molecule has 5 nitrogen and oxygen atoms in total. The van der Waals surface area contributed by atoms with E-state index in [9.17, 15) is 14.7 Å². The second-order valence-electron chi connectivity index (χ2n) is 4.50. The third-order valence-electron chi connectivity index (χ3n) is 2.86. The van der Waals surface area contributed by atoms with Crippen molar-refractivity contribution in [3.8, 4) is 0 Å². The van der Waals surface area contributed by atoms with E-state index in [-0.39, 0.29) is 45.3 Å². The third kappa shape index (κ3) is 2.75. The first-order chi connectivity index (χ1) is 8.34. The van der Waals surface area contributed by atoms with E-state index < -0.39 is 5.97 Å². The highest BCUT2D eigenvalue weighted by atomic mass is 79.9. The Morgan fingerprint density at radius 3 is 2.53 bits per heavy atom. The molecule has 0 aliphatic carbocycles. The van der Waals surface area contributed by atoms with Gasteiger partial charge in [0.25, 0.3) is 11.9 Å². The van der Waals surface area contributed by atoms with Gasteiger partial charge in [-0.15, -0.1) is 11.8 Å². The quantitative estimate of drug-likeness (QED) is 0.372. The Bertz CT molecular complexity index is 488. The van der Waals surface area contributed by atoms with Crippen molar-refractivity contribution < 1.29 is 36.7 Å². The van der Waals surface area contributed by atoms with Crippen molar-refractivity contribution in [3.05, 3.63) is 10.2 Å². The van der Waals surface area contributed by atoms with Crippen molar-refractivity contribution in [1.82, 2.24) is 4.90 Å². The molecule has 2 rings (SSSR count). The highest BCUT2D eigenvalue weighted by Gasteiger charge is 2.58. The molecule has 0 aromatic heterocycles. The van der Waals surface area contributed by atoms with Crippen molar-refractivity contribution in [3.63, 3.8) is 0 Å². The first kappa shape index (κ1) is 16.7. The molecule has 3 atom stereocenters. The Hall–Kier alpha value is -0.340. The molecule has 8 heteroatoms. The second-order valence-corrected chi connectivity index (χ2v) is 6.82. The lowest BCUT2D eigenvalue weighted by Gasteiger charge is -2.46. The monoisotopic (exact) mass is 412 g/mol. The molecule has 2 N–H and O–H groups in total. The van der Waals surface area contributed by atoms with E-state index in [0.29, 0.717) is 4.48 Å². The van der Waals surface area contributed by atoms with Gasteiger partial charge in [-0.25, -0.2) is 9.79 Å². The molecule has 19 heavy (non-hydrogen) atoms. The number of carboxylic acid groups (broad SMARTS) is 1. The van der Waals surface area contributed by atoms with E-state index in [1.54, 1.807) is 11.8 Å². The molecule has 0 saturated carbocycles. The highest BCUT2D eigenvalue weighted by Crippen LogP contribution is 2.44. The summed E-state index contributed by atoms with van der Waals surface area (Å²) in [5.74, 6) is -1.25. The molecule has 0 aromatic carbocycles. The summed E-state index contributed by atoms with van der Waals surface area (Å²) in [5, 5.41) is 9.11. The van der Waals surface area contributed by atoms with Crippen LogP contribution in [0.3, 0.4) is 0 Å². The van der Waals surface area contributed by atoms with Gasteiger partial charge in [0, 0.05) is 23.6 Å². The number of nitrogens with zero attached hydrogens (tertiary/aromatic N) is 1. The number of amides is 1. The average Bonchev–Trinajstić information content (AvgIpc) is 2.28. The normalized spacial score (nSPS) is 29.2. The van der Waals surface area contributed by atoms with Crippen molar-refractivity contribution >= 4 is 45.3 Å². The number of hydrogen-bond donors (Lipinski definition) is 2. The van der Waals surface area contributed by atoms with E-state index in [1.165, 1.54) is 4.90 Å². The number of carbonyl (C=O) groups is 2. The summed E-state index contributed by atoms with van der Waals surface area (Å²) >= 11 is 4.86. The van der Waals surface area contributed by atoms with Crippen molar-refractivity contribution in [1.29, 1.82) is 0 Å². The van der Waals surface area contributed by atoms with Gasteiger partial charge < -0.3 is 22.1 Å². The zero-order valence-corrected chi connectivity index (χ0v) is 14.6. The predicted octanol–water partition coefficient (Wildman–Crippen LogP) is -3.08. The van der Waals surface area contributed by atoms with Gasteiger partial charge >= 0.3 is 5.97 Å². The first-order valence-electron chi connectivity index (χ1n) is 5.52. The van der Waals surface area contributed by atoms with E-state index in [1.807, 2.05) is 20.8 Å². The molecule has 2 aliphatic heterocycles. The lowest BCUT2D eigenvalue weighted by molar-refractivity contribution is -0.503. The molecule has 106 valence electrons. The number of hydrogen-bond acceptors (Lipinski definition) is 3. The first-order valence-corrected chi connectivity index (χ1v) is 7.26. The number of aliphatic carboxylic acids is 1. The fourth-order valence-corrected chi connectivity index (χ4v) is 4.07. The molecular formula is C11H14Br2N2O3S. The van der Waals surface area contributed by atoms with Crippen LogP contribution in [-0.2, 0) is 9.59 Å². The van der Waals surface area contributed by atoms with E-state index in [2.05, 4.69) is 20.9 Å². The number of β-lactam (4-membered cyclic amide) rings is 1. The van der Waals surface area contributed by atoms with Crippen LogP contribution in [0, 0.1) is 0 Å². The van der Waals surface area contributed by atoms with Crippen LogP contribution < -0.4 is 22.0 Å². The Balaban J connectivity index is 0.00000180. The Morgan fingerprint density at radius 2 is 2.05 bits per heavy atom. The molecule has 0 radical (unpaired) electrons. The standard InChI is InChI=1S/C11H13BrN2O3S.BrH/c1-4(2)13-7-9(15)14-8(11(16)17)6(12)5(3)18-10(7)14;/h5,7,10H,1-3H3,(H,16,17);1H/t5?,7-,10-;/m1./s1. The van der Waals surface area contributed by atoms with Crippen molar-refractivity contribution in [2.24, 2.45) is 0 Å². The molecule has 1 amide bonds. The summed E-state index contributed by atoms with van der Waals surface area (Å²) < 4.78 is 0.570. The Morgan fingerprint density at radius 1 is 1.47 bits per heavy atom. The summed E-state index contributed by atoms with van der Waals surface area (Å²) in [6, 6.07) is -0.322. The van der Waals surface area contributed by atoms with E-state index in [4.69, 9.17) is 0 Å². The van der Waals surface area contributed by atoms with Gasteiger partial charge in [0.2, 0.25) is 0 Å². The van der Waals surface area contributed by atoms with Crippen molar-refractivity contribution in [2.75, 3.05) is 0 Å². The van der Waals surface area contributed by atoms with E-state index in [0.717, 1.165) is 5.71 Å². The highest BCUT2D eigenvalue weighted by molar-refractivity contribution is 9.12. The number of carbonyl (C=O) groups excluding carboxylic acids is 1. The third-order valence-corrected chi connectivity index (χ3v) is 5.63. The molecule has 1 saturated heterocycles. The van der Waals surface area contributed by atoms with Gasteiger partial charge in [-0.05, 0) is 6.92 Å². The van der Waals surface area contributed by atoms with Gasteiger partial charge in [-0.1, -0.05) is 15.9 Å². The SMILES string of the molecule is CC(C)=[NH+][C@@H]1C(=O)N2C(C(=O)O)=C(Br)C(C)S[C@H]12.[Br-]. The van der Waals surface area contributed by atoms with Gasteiger partial charge in [0.05, 0.1) is 0 Å². The minimum atomic E-state index is -1.07. The smallest absolute Gasteiger partial charge is 0.353 e. The molecule has 0 spiro atoms. The molecular weight excluding hydrogens is 400 g/mol. The fraction of sp³-hybridized carbons (Fsp3) is 0.545. The molecule has 2 aliphatic rings. The van der Waals surface area contributed by atoms with Gasteiger partial charge in [-0.2, -0.15) is 0 Å². The van der Waals surface area contributed by atoms with Crippen LogP contribution in [-0.4, -0.2) is 44.3 Å². The summed E-state index contributed by atoms with van der Waals surface area (Å²) in [4.78, 5) is 27.7. The number of rotatable bonds is 2. The number of carboxylic acids is 1. The minimum absolute atomic E-state index is 0. The maximum absolute atomic E-state index is 12.0. The maximum atomic E-state index is 12.0. The number of halogens is 2. The zero-order valence-electron chi connectivity index (χ0n) is 10.6. The van der Waals surface area contributed by atoms with Crippen LogP contribution in [0.5, 0.6) is 0 Å². The summed E-state index contributed by atoms with van der Waals surface area (Å²) in [7, 11) is 0. The number of nitrogens with one attached hydrogen (secondary N) is 1. The van der Waals surface area contributed by atoms with Gasteiger partial charge in [-0.3, -0.25) is 9.69 Å². The largest absolute Gasteiger partial charge is 1.00 e. The average molecular weight is 414 g/mol. The van der Waals surface area contributed by atoms with Crippen LogP contribution in [0.4, 0.5) is 0 Å². The topological polar surface area (TPSA) is 71.6 Å². The van der Waals surface area contributed by atoms with Gasteiger partial charge in [0.15, 0.2) is 5.37 Å². The molecule has 0 aromatic rings. The molecule has 1 fully saturated rings. The Kier molecular flexibility index (Phi) is 5.25. The lowest BCUT2D eigenvalue weighted by Crippen LogP contribution is -3.00. The summed E-state index contributed by atoms with van der Waals surface area (Å²) in [6.07, 6.45) is 0. The molecule has 0 bridgehead atoms. The van der Waals surface area contributed by atoms with E-state index >= 15 is 0 Å². The molecule has 2 heterocycles. The Labute approximate surface area is 134 Å². The van der Waals surface area contributed by atoms with Gasteiger partial charge in [0.1, 0.15) is 11.4 Å². The van der Waals surface area contributed by atoms with Crippen LogP contribution in [0.25, 0.3) is 0 Å².